The summed E-state index contributed by atoms with van der Waals surface area (Å²) in [5.74, 6) is -0.978. The average Bonchev–Trinajstić information content (AvgIpc) is 3.15. The molecular weight excluding hydrogens is 704 g/mol. The molecule has 1 aliphatic rings. The Morgan fingerprint density at radius 1 is 0.691 bits per heavy atom. The first-order chi connectivity index (χ1) is 26.0. The van der Waals surface area contributed by atoms with Crippen molar-refractivity contribution in [3.05, 3.63) is 150 Å². The van der Waals surface area contributed by atoms with Gasteiger partial charge in [-0.05, 0) is 102 Å². The number of nitrogen functional groups attached to an aromatic ring is 1. The number of hydrogen-bond acceptors (Lipinski definition) is 8. The molecule has 0 unspecified atom stereocenters. The fourth-order valence-electron chi connectivity index (χ4n) is 5.14. The van der Waals surface area contributed by atoms with Gasteiger partial charge < -0.3 is 21.3 Å². The number of nitro groups is 2. The number of nitro benzene ring substituents is 2. The lowest BCUT2D eigenvalue weighted by Gasteiger charge is -2.35. The minimum absolute atomic E-state index is 0.00361. The van der Waals surface area contributed by atoms with Gasteiger partial charge in [-0.15, -0.1) is 0 Å². The van der Waals surface area contributed by atoms with Crippen LogP contribution < -0.4 is 21.3 Å². The molecule has 0 aromatic heterocycles. The number of nitrogens with two attached hydrogens (primary N) is 1. The van der Waals surface area contributed by atoms with Gasteiger partial charge in [-0.25, -0.2) is 23.8 Å². The van der Waals surface area contributed by atoms with E-state index in [1.807, 2.05) is 39.8 Å². The zero-order chi connectivity index (χ0) is 41.2. The van der Waals surface area contributed by atoms with Crippen molar-refractivity contribution in [1.29, 1.82) is 0 Å². The van der Waals surface area contributed by atoms with Crippen molar-refractivity contribution >= 4 is 56.9 Å². The number of rotatable bonds is 7. The smallest absolute Gasteiger partial charge is 0.302 e. The molecule has 15 heteroatoms. The van der Waals surface area contributed by atoms with Crippen LogP contribution in [0.3, 0.4) is 0 Å². The quantitative estimate of drug-likeness (QED) is 0.0730. The fraction of sp³-hybridized carbons (Fsp3) is 0.300. The fourth-order valence-corrected chi connectivity index (χ4v) is 5.14. The van der Waals surface area contributed by atoms with Crippen molar-refractivity contribution in [3.8, 4) is 0 Å². The van der Waals surface area contributed by atoms with E-state index in [1.165, 1.54) is 41.9 Å². The van der Waals surface area contributed by atoms with E-state index in [9.17, 15) is 24.6 Å². The van der Waals surface area contributed by atoms with E-state index < -0.39 is 21.4 Å². The van der Waals surface area contributed by atoms with Gasteiger partial charge in [0, 0.05) is 48.2 Å². The van der Waals surface area contributed by atoms with Crippen molar-refractivity contribution in [3.63, 3.8) is 0 Å². The second kappa shape index (κ2) is 21.3. The zero-order valence-corrected chi connectivity index (χ0v) is 31.5. The van der Waals surface area contributed by atoms with Crippen LogP contribution in [0.4, 0.5) is 61.3 Å². The summed E-state index contributed by atoms with van der Waals surface area (Å²) in [7, 11) is 0. The first-order valence-electron chi connectivity index (χ1n) is 17.1. The SMILES string of the molecule is [C-]#[N+]c1ccc(N)c(NC(C)C)c1.[C-]#[N+]c1ccc([N+](=O)[O-])c(F)c1.[C-]#[N+]c1ccc([N+](=O)[O-])c(NC(C)C)c1.[C-]#[N+]c1ccc2c(c1)N(C(C)C)CCC2. The number of benzene rings is 4. The highest BCUT2D eigenvalue weighted by Gasteiger charge is 2.19. The molecule has 284 valence electrons. The van der Waals surface area contributed by atoms with Crippen molar-refractivity contribution in [2.75, 3.05) is 27.8 Å². The van der Waals surface area contributed by atoms with Crippen LogP contribution in [0.15, 0.2) is 72.8 Å². The second-order valence-corrected chi connectivity index (χ2v) is 12.9. The minimum atomic E-state index is -0.978. The molecule has 0 amide bonds. The normalized spacial score (nSPS) is 11.0. The van der Waals surface area contributed by atoms with Gasteiger partial charge in [0.25, 0.3) is 5.69 Å². The van der Waals surface area contributed by atoms with Crippen LogP contribution in [0.2, 0.25) is 0 Å². The highest BCUT2D eigenvalue weighted by atomic mass is 19.1. The van der Waals surface area contributed by atoms with Gasteiger partial charge in [-0.3, -0.25) is 20.2 Å². The highest BCUT2D eigenvalue weighted by molar-refractivity contribution is 5.72. The summed E-state index contributed by atoms with van der Waals surface area (Å²) in [6.07, 6.45) is 2.37. The van der Waals surface area contributed by atoms with E-state index >= 15 is 0 Å². The number of fused-ring (bicyclic) bond motifs is 1. The van der Waals surface area contributed by atoms with Crippen LogP contribution in [-0.4, -0.2) is 34.5 Å². The third-order valence-electron chi connectivity index (χ3n) is 7.59. The van der Waals surface area contributed by atoms with Crippen molar-refractivity contribution in [2.24, 2.45) is 0 Å². The Morgan fingerprint density at radius 2 is 1.15 bits per heavy atom. The summed E-state index contributed by atoms with van der Waals surface area (Å²) in [6.45, 7) is 40.6. The molecule has 55 heavy (non-hydrogen) atoms. The number of nitrogens with one attached hydrogen (secondary N) is 2. The maximum absolute atomic E-state index is 12.7. The molecule has 14 nitrogen and oxygen atoms in total. The summed E-state index contributed by atoms with van der Waals surface area (Å²) >= 11 is 0. The Hall–Kier alpha value is -7.23. The Balaban J connectivity index is 0.000000255. The third kappa shape index (κ3) is 13.7. The molecule has 1 aliphatic heterocycles. The third-order valence-corrected chi connectivity index (χ3v) is 7.59. The Kier molecular flexibility index (Phi) is 17.0. The summed E-state index contributed by atoms with van der Waals surface area (Å²) in [6, 6.07) is 19.5. The predicted octanol–water partition coefficient (Wildman–Crippen LogP) is 11.3. The van der Waals surface area contributed by atoms with Gasteiger partial charge >= 0.3 is 5.69 Å². The molecule has 1 heterocycles. The standard InChI is InChI=1S/C13H16N2.C10H11N3O2.C10H13N3.C7H3FN2O2/c1-10(2)15-8-4-5-11-6-7-12(14-3)9-13(11)15;1-7(2)12-9-6-8(11-3)4-5-10(9)13(14)15;1-7(2)13-10-6-8(12-3)4-5-9(10)11;1-9-5-2-3-7(10(11)12)6(8)4-5/h6-7,9-10H,4-5,8H2,1-2H3;4-7,12H,1-2H3;4-7,13H,11H2,1-2H3;2-4H. The number of hydrogen-bond donors (Lipinski definition) is 3. The molecule has 0 saturated heterocycles. The molecule has 4 aromatic carbocycles. The van der Waals surface area contributed by atoms with Crippen LogP contribution in [0.5, 0.6) is 0 Å². The Labute approximate surface area is 321 Å². The maximum atomic E-state index is 12.7. The minimum Gasteiger partial charge on any atom is -0.397 e. The molecule has 0 spiro atoms. The second-order valence-electron chi connectivity index (χ2n) is 12.9. The van der Waals surface area contributed by atoms with Gasteiger partial charge in [0.05, 0.1) is 41.8 Å². The van der Waals surface area contributed by atoms with E-state index in [-0.39, 0.29) is 17.4 Å². The van der Waals surface area contributed by atoms with E-state index in [0.29, 0.717) is 34.8 Å². The Morgan fingerprint density at radius 3 is 1.64 bits per heavy atom. The maximum Gasteiger partial charge on any atom is 0.302 e. The van der Waals surface area contributed by atoms with E-state index in [1.54, 1.807) is 18.2 Å². The van der Waals surface area contributed by atoms with Crippen molar-refractivity contribution in [2.45, 2.75) is 72.5 Å². The first kappa shape index (κ1) is 43.9. The molecule has 0 radical (unpaired) electrons. The lowest BCUT2D eigenvalue weighted by atomic mass is 10.00. The van der Waals surface area contributed by atoms with Crippen LogP contribution in [0, 0.1) is 52.3 Å². The van der Waals surface area contributed by atoms with E-state index in [4.69, 9.17) is 32.0 Å². The monoisotopic (exact) mass is 746 g/mol. The summed E-state index contributed by atoms with van der Waals surface area (Å²) in [4.78, 5) is 34.9. The van der Waals surface area contributed by atoms with Gasteiger partial charge in [0.15, 0.2) is 28.6 Å². The summed E-state index contributed by atoms with van der Waals surface area (Å²) in [5.41, 5.74) is 11.5. The number of nitrogens with zero attached hydrogens (tertiary/aromatic N) is 7. The van der Waals surface area contributed by atoms with Gasteiger partial charge in [0.1, 0.15) is 5.69 Å². The van der Waals surface area contributed by atoms with Gasteiger partial charge in [0.2, 0.25) is 0 Å². The van der Waals surface area contributed by atoms with E-state index in [0.717, 1.165) is 36.5 Å². The van der Waals surface area contributed by atoms with Gasteiger partial charge in [-0.2, -0.15) is 0 Å². The van der Waals surface area contributed by atoms with Crippen LogP contribution in [0.1, 0.15) is 53.5 Å². The first-order valence-corrected chi connectivity index (χ1v) is 17.1. The predicted molar refractivity (Wildman–Crippen MR) is 217 cm³/mol. The lowest BCUT2D eigenvalue weighted by Crippen LogP contribution is -2.35. The topological polar surface area (TPSA) is 157 Å². The molecule has 5 rings (SSSR count). The summed E-state index contributed by atoms with van der Waals surface area (Å²) < 4.78 is 12.7. The number of aryl methyl sites for hydroxylation is 1. The Bertz CT molecular complexity index is 2140. The van der Waals surface area contributed by atoms with Crippen molar-refractivity contribution < 1.29 is 14.2 Å². The average molecular weight is 747 g/mol. The molecule has 0 bridgehead atoms. The molecule has 4 aromatic rings. The molecular formula is C40H43FN10O4. The van der Waals surface area contributed by atoms with Crippen LogP contribution in [0.25, 0.3) is 19.4 Å². The number of anilines is 4. The molecule has 0 saturated carbocycles. The molecule has 0 aliphatic carbocycles. The largest absolute Gasteiger partial charge is 0.397 e. The highest BCUT2D eigenvalue weighted by Crippen LogP contribution is 2.33. The number of halogens is 1. The molecule has 0 fully saturated rings. The van der Waals surface area contributed by atoms with Gasteiger partial charge in [-0.1, -0.05) is 18.2 Å². The van der Waals surface area contributed by atoms with Crippen LogP contribution in [-0.2, 0) is 6.42 Å². The van der Waals surface area contributed by atoms with E-state index in [2.05, 4.69) is 54.8 Å². The lowest BCUT2D eigenvalue weighted by molar-refractivity contribution is -0.387. The van der Waals surface area contributed by atoms with Crippen molar-refractivity contribution in [1.82, 2.24) is 0 Å². The molecule has 4 N–H and O–H groups in total. The molecule has 0 atom stereocenters. The zero-order valence-electron chi connectivity index (χ0n) is 31.5. The van der Waals surface area contributed by atoms with Crippen LogP contribution >= 0.6 is 0 Å². The summed E-state index contributed by atoms with van der Waals surface area (Å²) in [5, 5.41) is 26.9.